The van der Waals surface area contributed by atoms with Crippen molar-refractivity contribution >= 4 is 23.5 Å². The third-order valence-electron chi connectivity index (χ3n) is 3.75. The molecule has 2 rings (SSSR count). The summed E-state index contributed by atoms with van der Waals surface area (Å²) in [5.74, 6) is -2.17. The van der Waals surface area contributed by atoms with Crippen molar-refractivity contribution in [2.24, 2.45) is 11.8 Å². The van der Waals surface area contributed by atoms with Crippen LogP contribution in [0.15, 0.2) is 36.4 Å². The van der Waals surface area contributed by atoms with Crippen LogP contribution < -0.4 is 0 Å². The van der Waals surface area contributed by atoms with Crippen molar-refractivity contribution in [3.8, 4) is 0 Å². The van der Waals surface area contributed by atoms with E-state index in [4.69, 9.17) is 11.6 Å². The van der Waals surface area contributed by atoms with Crippen molar-refractivity contribution < 1.29 is 14.7 Å². The molecule has 0 saturated carbocycles. The molecule has 1 aromatic carbocycles. The Labute approximate surface area is 129 Å². The van der Waals surface area contributed by atoms with Gasteiger partial charge in [-0.2, -0.15) is 0 Å². The van der Waals surface area contributed by atoms with E-state index in [1.165, 1.54) is 0 Å². The minimum atomic E-state index is -0.908. The standard InChI is InChI=1S/C16H18ClNO3/c1-18(10-11-5-4-6-12(17)9-11)15(19)13-7-2-3-8-14(13)16(20)21/h2-6,9,13-14H,7-8,10H2,1H3,(H,20,21)/t13-,14+/m1/s1. The number of aliphatic carboxylic acids is 1. The highest BCUT2D eigenvalue weighted by atomic mass is 35.5. The number of carboxylic acid groups (broad SMARTS) is 1. The van der Waals surface area contributed by atoms with Gasteiger partial charge in [-0.15, -0.1) is 0 Å². The van der Waals surface area contributed by atoms with E-state index in [0.717, 1.165) is 5.56 Å². The molecular weight excluding hydrogens is 290 g/mol. The fourth-order valence-electron chi connectivity index (χ4n) is 2.63. The number of nitrogens with zero attached hydrogens (tertiary/aromatic N) is 1. The van der Waals surface area contributed by atoms with Crippen LogP contribution in [0.1, 0.15) is 18.4 Å². The van der Waals surface area contributed by atoms with Crippen molar-refractivity contribution in [3.63, 3.8) is 0 Å². The van der Waals surface area contributed by atoms with E-state index in [1.54, 1.807) is 24.1 Å². The summed E-state index contributed by atoms with van der Waals surface area (Å²) >= 11 is 5.93. The van der Waals surface area contributed by atoms with E-state index in [2.05, 4.69) is 0 Å². The number of allylic oxidation sites excluding steroid dienone is 2. The maximum Gasteiger partial charge on any atom is 0.307 e. The Balaban J connectivity index is 2.07. The Morgan fingerprint density at radius 1 is 1.29 bits per heavy atom. The molecule has 0 aliphatic heterocycles. The van der Waals surface area contributed by atoms with Gasteiger partial charge in [-0.25, -0.2) is 0 Å². The third kappa shape index (κ3) is 3.85. The number of carbonyl (C=O) groups is 2. The molecule has 5 heteroatoms. The van der Waals surface area contributed by atoms with E-state index in [1.807, 2.05) is 24.3 Å². The van der Waals surface area contributed by atoms with Gasteiger partial charge < -0.3 is 10.0 Å². The van der Waals surface area contributed by atoms with Crippen LogP contribution >= 0.6 is 11.6 Å². The lowest BCUT2D eigenvalue weighted by atomic mass is 9.82. The number of carboxylic acids is 1. The second-order valence-electron chi connectivity index (χ2n) is 5.32. The lowest BCUT2D eigenvalue weighted by molar-refractivity contribution is -0.150. The normalized spacial score (nSPS) is 21.0. The molecule has 0 radical (unpaired) electrons. The van der Waals surface area contributed by atoms with Gasteiger partial charge in [0.15, 0.2) is 0 Å². The molecule has 1 amide bonds. The molecule has 0 fully saturated rings. The number of carbonyl (C=O) groups excluding carboxylic acids is 1. The molecule has 0 spiro atoms. The van der Waals surface area contributed by atoms with Crippen LogP contribution in [0.3, 0.4) is 0 Å². The van der Waals surface area contributed by atoms with Crippen LogP contribution in [0, 0.1) is 11.8 Å². The van der Waals surface area contributed by atoms with E-state index in [0.29, 0.717) is 24.4 Å². The quantitative estimate of drug-likeness (QED) is 0.870. The predicted molar refractivity (Wildman–Crippen MR) is 80.9 cm³/mol. The lowest BCUT2D eigenvalue weighted by Gasteiger charge is -2.28. The van der Waals surface area contributed by atoms with Crippen molar-refractivity contribution in [2.45, 2.75) is 19.4 Å². The highest BCUT2D eigenvalue weighted by molar-refractivity contribution is 6.30. The minimum Gasteiger partial charge on any atom is -0.481 e. The second-order valence-corrected chi connectivity index (χ2v) is 5.75. The number of halogens is 1. The van der Waals surface area contributed by atoms with Crippen molar-refractivity contribution in [1.29, 1.82) is 0 Å². The van der Waals surface area contributed by atoms with Crippen molar-refractivity contribution in [3.05, 3.63) is 47.0 Å². The minimum absolute atomic E-state index is 0.133. The van der Waals surface area contributed by atoms with Crippen LogP contribution in [0.4, 0.5) is 0 Å². The molecule has 2 atom stereocenters. The molecular formula is C16H18ClNO3. The molecule has 112 valence electrons. The van der Waals surface area contributed by atoms with Gasteiger partial charge in [0.1, 0.15) is 0 Å². The molecule has 1 N–H and O–H groups in total. The Hall–Kier alpha value is -1.81. The van der Waals surface area contributed by atoms with Crippen LogP contribution in [-0.4, -0.2) is 28.9 Å². The molecule has 1 aliphatic carbocycles. The monoisotopic (exact) mass is 307 g/mol. The molecule has 1 aromatic rings. The fraction of sp³-hybridized carbons (Fsp3) is 0.375. The van der Waals surface area contributed by atoms with E-state index in [-0.39, 0.29) is 5.91 Å². The summed E-state index contributed by atoms with van der Waals surface area (Å²) in [6, 6.07) is 7.31. The average Bonchev–Trinajstić information content (AvgIpc) is 2.46. The first-order valence-corrected chi connectivity index (χ1v) is 7.24. The van der Waals surface area contributed by atoms with Gasteiger partial charge in [0.05, 0.1) is 11.8 Å². The van der Waals surface area contributed by atoms with Crippen molar-refractivity contribution in [2.75, 3.05) is 7.05 Å². The molecule has 1 aliphatic rings. The van der Waals surface area contributed by atoms with Gasteiger partial charge in [-0.1, -0.05) is 35.9 Å². The predicted octanol–water partition coefficient (Wildman–Crippen LogP) is 2.97. The molecule has 0 heterocycles. The van der Waals surface area contributed by atoms with E-state index in [9.17, 15) is 14.7 Å². The molecule has 21 heavy (non-hydrogen) atoms. The maximum absolute atomic E-state index is 12.5. The topological polar surface area (TPSA) is 57.6 Å². The summed E-state index contributed by atoms with van der Waals surface area (Å²) in [5.41, 5.74) is 0.927. The zero-order valence-electron chi connectivity index (χ0n) is 11.8. The third-order valence-corrected chi connectivity index (χ3v) is 3.99. The first kappa shape index (κ1) is 15.6. The Morgan fingerprint density at radius 2 is 1.95 bits per heavy atom. The smallest absolute Gasteiger partial charge is 0.307 e. The molecule has 0 unspecified atom stereocenters. The molecule has 0 aromatic heterocycles. The zero-order valence-corrected chi connectivity index (χ0v) is 12.6. The summed E-state index contributed by atoms with van der Waals surface area (Å²) in [6.07, 6.45) is 4.61. The van der Waals surface area contributed by atoms with Gasteiger partial charge in [0.25, 0.3) is 0 Å². The number of hydrogen-bond donors (Lipinski definition) is 1. The van der Waals surface area contributed by atoms with Crippen LogP contribution in [-0.2, 0) is 16.1 Å². The number of amides is 1. The number of benzene rings is 1. The molecule has 4 nitrogen and oxygen atoms in total. The van der Waals surface area contributed by atoms with E-state index >= 15 is 0 Å². The summed E-state index contributed by atoms with van der Waals surface area (Å²) in [4.78, 5) is 25.3. The number of rotatable bonds is 4. The van der Waals surface area contributed by atoms with Crippen LogP contribution in [0.5, 0.6) is 0 Å². The Morgan fingerprint density at radius 3 is 2.57 bits per heavy atom. The number of hydrogen-bond acceptors (Lipinski definition) is 2. The summed E-state index contributed by atoms with van der Waals surface area (Å²) in [6.45, 7) is 0.423. The molecule has 0 bridgehead atoms. The first-order chi connectivity index (χ1) is 9.99. The van der Waals surface area contributed by atoms with Crippen LogP contribution in [0.25, 0.3) is 0 Å². The SMILES string of the molecule is CN(Cc1cccc(Cl)c1)C(=O)[C@@H]1CC=CC[C@@H]1C(=O)O. The van der Waals surface area contributed by atoms with Gasteiger partial charge in [-0.3, -0.25) is 9.59 Å². The Kier molecular flexibility index (Phi) is 5.02. The fourth-order valence-corrected chi connectivity index (χ4v) is 2.84. The van der Waals surface area contributed by atoms with E-state index < -0.39 is 17.8 Å². The molecule has 0 saturated heterocycles. The largest absolute Gasteiger partial charge is 0.481 e. The van der Waals surface area contributed by atoms with Gasteiger partial charge in [0, 0.05) is 18.6 Å². The average molecular weight is 308 g/mol. The highest BCUT2D eigenvalue weighted by Crippen LogP contribution is 2.28. The summed E-state index contributed by atoms with van der Waals surface area (Å²) in [7, 11) is 1.69. The Bertz CT molecular complexity index is 570. The highest BCUT2D eigenvalue weighted by Gasteiger charge is 2.35. The summed E-state index contributed by atoms with van der Waals surface area (Å²) < 4.78 is 0. The first-order valence-electron chi connectivity index (χ1n) is 6.86. The zero-order chi connectivity index (χ0) is 15.4. The van der Waals surface area contributed by atoms with Crippen molar-refractivity contribution in [1.82, 2.24) is 4.90 Å². The second kappa shape index (κ2) is 6.76. The van der Waals surface area contributed by atoms with Gasteiger partial charge >= 0.3 is 5.97 Å². The van der Waals surface area contributed by atoms with Gasteiger partial charge in [0.2, 0.25) is 5.91 Å². The summed E-state index contributed by atoms with van der Waals surface area (Å²) in [5, 5.41) is 9.87. The maximum atomic E-state index is 12.5. The van der Waals surface area contributed by atoms with Gasteiger partial charge in [-0.05, 0) is 30.5 Å². The lowest BCUT2D eigenvalue weighted by Crippen LogP contribution is -2.39. The van der Waals surface area contributed by atoms with Crippen LogP contribution in [0.2, 0.25) is 5.02 Å².